The number of amides is 4. The zero-order valence-corrected chi connectivity index (χ0v) is 32.2. The summed E-state index contributed by atoms with van der Waals surface area (Å²) >= 11 is 0. The lowest BCUT2D eigenvalue weighted by molar-refractivity contribution is -0.141. The van der Waals surface area contributed by atoms with Gasteiger partial charge in [-0.1, -0.05) is 37.1 Å². The van der Waals surface area contributed by atoms with Crippen molar-refractivity contribution in [2.45, 2.75) is 122 Å². The number of aromatic nitrogens is 2. The number of rotatable bonds is 7. The predicted octanol–water partition coefficient (Wildman–Crippen LogP) is 3.49. The third kappa shape index (κ3) is 8.54. The number of aryl methyl sites for hydroxylation is 1. The van der Waals surface area contributed by atoms with E-state index in [2.05, 4.69) is 15.4 Å². The number of fused-ring (bicyclic) bond motifs is 3. The Balaban J connectivity index is 1.50. The largest absolute Gasteiger partial charge is 0.459 e. The lowest BCUT2D eigenvalue weighted by Crippen LogP contribution is -2.58. The summed E-state index contributed by atoms with van der Waals surface area (Å²) in [4.78, 5) is 61.6. The molecule has 0 bridgehead atoms. The normalized spacial score (nSPS) is 26.5. The second kappa shape index (κ2) is 15.0. The van der Waals surface area contributed by atoms with Gasteiger partial charge in [-0.3, -0.25) is 19.0 Å². The average molecular weight is 744 g/mol. The standard InChI is InChI=1S/C36H53N7O8S/c1-22(2)43-29-23(3)15-14-18-26(29)37-33(43)50-25-19-28-30(44)39-36(32(46)40-52(48,49)41(7)8)20-24(36)16-12-10-9-11-13-17-27(31(45)42(28)21-25)38-34(47)51-35(4,5)6/h12,14-16,18,22,24-25,27-28H,9-11,13,17,19-21H2,1-8H3,(H,38,47)(H,39,44)(H,40,46)/b16-12-/t24-,25-,27+,28+,36-/m1/s1. The van der Waals surface area contributed by atoms with Gasteiger partial charge in [-0.2, -0.15) is 17.7 Å². The third-order valence-corrected chi connectivity index (χ3v) is 11.1. The first kappa shape index (κ1) is 39.0. The highest BCUT2D eigenvalue weighted by Gasteiger charge is 2.61. The Bertz CT molecular complexity index is 1830. The molecule has 15 nitrogen and oxygen atoms in total. The number of alkyl carbamates (subject to hydrolysis) is 1. The van der Waals surface area contributed by atoms with E-state index in [4.69, 9.17) is 14.5 Å². The lowest BCUT2D eigenvalue weighted by Gasteiger charge is -2.30. The molecule has 16 heteroatoms. The van der Waals surface area contributed by atoms with Crippen molar-refractivity contribution in [1.82, 2.24) is 34.1 Å². The molecule has 1 aromatic carbocycles. The van der Waals surface area contributed by atoms with Crippen LogP contribution in [0.15, 0.2) is 30.4 Å². The highest BCUT2D eigenvalue weighted by Crippen LogP contribution is 2.46. The Morgan fingerprint density at radius 1 is 1.13 bits per heavy atom. The van der Waals surface area contributed by atoms with Gasteiger partial charge in [-0.05, 0) is 78.9 Å². The van der Waals surface area contributed by atoms with Crippen LogP contribution in [0.1, 0.15) is 91.2 Å². The maximum absolute atomic E-state index is 14.5. The highest BCUT2D eigenvalue weighted by atomic mass is 32.2. The van der Waals surface area contributed by atoms with E-state index in [-0.39, 0.29) is 25.4 Å². The molecule has 5 atom stereocenters. The SMILES string of the molecule is Cc1cccc2nc(O[C@@H]3C[C@H]4C(=O)N[C@]5(C(=O)NS(=O)(=O)N(C)C)C[C@H]5/C=C\CCCCC[C@H](NC(=O)OC(C)(C)C)C(=O)N4C3)n(C(C)C)c12. The van der Waals surface area contributed by atoms with Gasteiger partial charge < -0.3 is 25.0 Å². The topological polar surface area (TPSA) is 181 Å². The van der Waals surface area contributed by atoms with Crippen LogP contribution in [0.25, 0.3) is 11.0 Å². The number of hydrogen-bond donors (Lipinski definition) is 3. The minimum atomic E-state index is -4.16. The Morgan fingerprint density at radius 2 is 1.87 bits per heavy atom. The van der Waals surface area contributed by atoms with E-state index in [1.165, 1.54) is 19.0 Å². The van der Waals surface area contributed by atoms with Crippen LogP contribution in [0.5, 0.6) is 6.01 Å². The highest BCUT2D eigenvalue weighted by molar-refractivity contribution is 7.87. The average Bonchev–Trinajstić information content (AvgIpc) is 3.36. The molecule has 5 rings (SSSR count). The van der Waals surface area contributed by atoms with Crippen molar-refractivity contribution in [3.8, 4) is 6.01 Å². The smallest absolute Gasteiger partial charge is 0.408 e. The summed E-state index contributed by atoms with van der Waals surface area (Å²) in [6, 6.07) is 4.04. The molecule has 3 aliphatic rings. The van der Waals surface area contributed by atoms with Crippen molar-refractivity contribution in [2.24, 2.45) is 5.92 Å². The third-order valence-electron chi connectivity index (χ3n) is 9.71. The van der Waals surface area contributed by atoms with Gasteiger partial charge in [0, 0.05) is 32.5 Å². The Kier molecular flexibility index (Phi) is 11.3. The molecule has 0 radical (unpaired) electrons. The number of imidazole rings is 1. The number of para-hydroxylation sites is 1. The second-order valence-corrected chi connectivity index (χ2v) is 17.4. The molecule has 0 unspecified atom stereocenters. The molecule has 286 valence electrons. The Hall–Kier alpha value is -4.18. The van der Waals surface area contributed by atoms with Crippen LogP contribution in [0.2, 0.25) is 0 Å². The van der Waals surface area contributed by atoms with Crippen molar-refractivity contribution in [3.63, 3.8) is 0 Å². The number of allylic oxidation sites excluding steroid dienone is 1. The number of hydrogen-bond acceptors (Lipinski definition) is 9. The van der Waals surface area contributed by atoms with E-state index in [1.807, 2.05) is 55.7 Å². The quantitative estimate of drug-likeness (QED) is 0.358. The number of carbonyl (C=O) groups excluding carboxylic acids is 4. The van der Waals surface area contributed by atoms with Gasteiger partial charge in [0.1, 0.15) is 29.3 Å². The summed E-state index contributed by atoms with van der Waals surface area (Å²) < 4.78 is 42.3. The molecule has 52 heavy (non-hydrogen) atoms. The molecular weight excluding hydrogens is 691 g/mol. The number of carbonyl (C=O) groups is 4. The first-order chi connectivity index (χ1) is 24.3. The molecule has 1 saturated carbocycles. The fourth-order valence-corrected chi connectivity index (χ4v) is 7.52. The van der Waals surface area contributed by atoms with E-state index in [0.29, 0.717) is 25.3 Å². The van der Waals surface area contributed by atoms with Crippen LogP contribution in [0.3, 0.4) is 0 Å². The van der Waals surface area contributed by atoms with Crippen LogP contribution >= 0.6 is 0 Å². The van der Waals surface area contributed by atoms with Crippen LogP contribution in [0.4, 0.5) is 4.79 Å². The second-order valence-electron chi connectivity index (χ2n) is 15.5. The summed E-state index contributed by atoms with van der Waals surface area (Å²) in [5, 5.41) is 5.60. The molecule has 3 N–H and O–H groups in total. The van der Waals surface area contributed by atoms with Crippen LogP contribution in [-0.2, 0) is 29.3 Å². The zero-order chi connectivity index (χ0) is 38.2. The summed E-state index contributed by atoms with van der Waals surface area (Å²) in [5.41, 5.74) is 0.349. The van der Waals surface area contributed by atoms with E-state index < -0.39 is 69.3 Å². The Labute approximate surface area is 306 Å². The van der Waals surface area contributed by atoms with Crippen molar-refractivity contribution >= 4 is 45.1 Å². The first-order valence-electron chi connectivity index (χ1n) is 18.0. The molecule has 1 aromatic heterocycles. The van der Waals surface area contributed by atoms with Crippen LogP contribution in [-0.4, -0.2) is 101 Å². The van der Waals surface area contributed by atoms with Crippen molar-refractivity contribution < 1.29 is 37.1 Å². The minimum absolute atomic E-state index is 0.00123. The lowest BCUT2D eigenvalue weighted by atomic mass is 10.0. The van der Waals surface area contributed by atoms with Gasteiger partial charge >= 0.3 is 16.3 Å². The van der Waals surface area contributed by atoms with Crippen molar-refractivity contribution in [1.29, 1.82) is 0 Å². The fourth-order valence-electron chi connectivity index (χ4n) is 6.93. The van der Waals surface area contributed by atoms with Crippen LogP contribution in [0, 0.1) is 12.8 Å². The van der Waals surface area contributed by atoms with E-state index in [0.717, 1.165) is 33.7 Å². The fraction of sp³-hybridized carbons (Fsp3) is 0.639. The molecule has 2 fully saturated rings. The molecule has 3 heterocycles. The van der Waals surface area contributed by atoms with E-state index in [9.17, 15) is 27.6 Å². The Morgan fingerprint density at radius 3 is 2.54 bits per heavy atom. The molecule has 2 aliphatic heterocycles. The number of nitrogens with one attached hydrogen (secondary N) is 3. The number of benzene rings is 1. The summed E-state index contributed by atoms with van der Waals surface area (Å²) in [6.45, 7) is 11.2. The maximum atomic E-state index is 14.5. The zero-order valence-electron chi connectivity index (χ0n) is 31.4. The molecular formula is C36H53N7O8S. The van der Waals surface area contributed by atoms with Crippen molar-refractivity contribution in [2.75, 3.05) is 20.6 Å². The van der Waals surface area contributed by atoms with Gasteiger partial charge in [0.15, 0.2) is 0 Å². The minimum Gasteiger partial charge on any atom is -0.459 e. The summed E-state index contributed by atoms with van der Waals surface area (Å²) in [5.74, 6) is -2.43. The molecule has 1 saturated heterocycles. The van der Waals surface area contributed by atoms with Gasteiger partial charge in [0.05, 0.1) is 17.6 Å². The first-order valence-corrected chi connectivity index (χ1v) is 19.4. The van der Waals surface area contributed by atoms with Crippen LogP contribution < -0.4 is 20.1 Å². The van der Waals surface area contributed by atoms with Gasteiger partial charge in [0.2, 0.25) is 11.8 Å². The molecule has 0 spiro atoms. The molecule has 2 aromatic rings. The summed E-state index contributed by atoms with van der Waals surface area (Å²) in [7, 11) is -1.56. The maximum Gasteiger partial charge on any atom is 0.408 e. The summed E-state index contributed by atoms with van der Waals surface area (Å²) in [6.07, 6.45) is 5.77. The molecule has 1 aliphatic carbocycles. The van der Waals surface area contributed by atoms with Gasteiger partial charge in [-0.25, -0.2) is 9.52 Å². The number of nitrogens with zero attached hydrogens (tertiary/aromatic N) is 4. The van der Waals surface area contributed by atoms with Gasteiger partial charge in [-0.15, -0.1) is 0 Å². The molecule has 4 amide bonds. The number of ether oxygens (including phenoxy) is 2. The van der Waals surface area contributed by atoms with E-state index >= 15 is 0 Å². The van der Waals surface area contributed by atoms with Gasteiger partial charge in [0.25, 0.3) is 11.9 Å². The van der Waals surface area contributed by atoms with Crippen molar-refractivity contribution in [3.05, 3.63) is 35.9 Å². The monoisotopic (exact) mass is 743 g/mol. The predicted molar refractivity (Wildman–Crippen MR) is 195 cm³/mol. The van der Waals surface area contributed by atoms with E-state index in [1.54, 1.807) is 20.8 Å².